The number of hydrogen-bond acceptors (Lipinski definition) is 2. The van der Waals surface area contributed by atoms with Crippen molar-refractivity contribution in [1.82, 2.24) is 0 Å². The molecule has 1 aromatic carbocycles. The summed E-state index contributed by atoms with van der Waals surface area (Å²) in [5.41, 5.74) is 0.244. The van der Waals surface area contributed by atoms with Gasteiger partial charge >= 0.3 is 5.97 Å². The minimum Gasteiger partial charge on any atom is -0.465 e. The van der Waals surface area contributed by atoms with E-state index in [4.69, 9.17) is 4.74 Å². The average molecular weight is 372 g/mol. The zero-order valence-electron chi connectivity index (χ0n) is 8.97. The summed E-state index contributed by atoms with van der Waals surface area (Å²) in [4.78, 5) is 10.7. The van der Waals surface area contributed by atoms with E-state index in [-0.39, 0.29) is 23.1 Å². The van der Waals surface area contributed by atoms with Crippen LogP contribution in [0.1, 0.15) is 12.5 Å². The minimum atomic E-state index is -0.681. The second-order valence-electron chi connectivity index (χ2n) is 3.28. The van der Waals surface area contributed by atoms with E-state index in [0.717, 1.165) is 6.07 Å². The first-order chi connectivity index (χ1) is 7.95. The molecule has 0 spiro atoms. The summed E-state index contributed by atoms with van der Waals surface area (Å²) < 4.78 is 31.3. The largest absolute Gasteiger partial charge is 0.465 e. The lowest BCUT2D eigenvalue weighted by Crippen LogP contribution is -2.20. The highest BCUT2D eigenvalue weighted by Gasteiger charge is 2.19. The summed E-state index contributed by atoms with van der Waals surface area (Å²) in [6.45, 7) is 1.95. The minimum absolute atomic E-state index is 0.101. The molecular formula is C11H10Br2F2O2. The Hall–Kier alpha value is -0.490. The molecule has 0 aliphatic rings. The fraction of sp³-hybridized carbons (Fsp3) is 0.364. The predicted molar refractivity (Wildman–Crippen MR) is 67.1 cm³/mol. The van der Waals surface area contributed by atoms with Gasteiger partial charge in [0.1, 0.15) is 16.5 Å². The molecule has 1 aromatic rings. The molecule has 1 atom stereocenters. The maximum absolute atomic E-state index is 13.4. The third-order valence-electron chi connectivity index (χ3n) is 2.03. The second-order valence-corrected chi connectivity index (χ2v) is 5.24. The van der Waals surface area contributed by atoms with Crippen molar-refractivity contribution in [3.05, 3.63) is 33.8 Å². The predicted octanol–water partition coefficient (Wildman–Crippen LogP) is 3.60. The third-order valence-corrected chi connectivity index (χ3v) is 3.34. The number of benzene rings is 1. The van der Waals surface area contributed by atoms with Crippen LogP contribution in [0.3, 0.4) is 0 Å². The van der Waals surface area contributed by atoms with Crippen LogP contribution in [0.5, 0.6) is 0 Å². The molecule has 94 valence electrons. The number of carbonyl (C=O) groups excluding carboxylic acids is 1. The molecule has 17 heavy (non-hydrogen) atoms. The Morgan fingerprint density at radius 2 is 2.06 bits per heavy atom. The zero-order chi connectivity index (χ0) is 13.0. The summed E-state index contributed by atoms with van der Waals surface area (Å²) in [6, 6.07) is 2.10. The molecular weight excluding hydrogens is 362 g/mol. The molecule has 1 unspecified atom stereocenters. The summed E-state index contributed by atoms with van der Waals surface area (Å²) in [5.74, 6) is -1.82. The quantitative estimate of drug-likeness (QED) is 0.459. The van der Waals surface area contributed by atoms with Crippen molar-refractivity contribution in [3.8, 4) is 0 Å². The van der Waals surface area contributed by atoms with Gasteiger partial charge in [0, 0.05) is 6.07 Å². The fourth-order valence-corrected chi connectivity index (χ4v) is 2.10. The van der Waals surface area contributed by atoms with E-state index in [0.29, 0.717) is 0 Å². The van der Waals surface area contributed by atoms with Crippen LogP contribution in [-0.2, 0) is 16.0 Å². The van der Waals surface area contributed by atoms with E-state index in [1.807, 2.05) is 0 Å². The molecule has 0 saturated carbocycles. The van der Waals surface area contributed by atoms with E-state index in [9.17, 15) is 13.6 Å². The van der Waals surface area contributed by atoms with Gasteiger partial charge in [-0.2, -0.15) is 0 Å². The van der Waals surface area contributed by atoms with Crippen LogP contribution in [0.2, 0.25) is 0 Å². The van der Waals surface area contributed by atoms with Gasteiger partial charge in [-0.25, -0.2) is 8.78 Å². The van der Waals surface area contributed by atoms with Gasteiger partial charge in [0.15, 0.2) is 0 Å². The maximum Gasteiger partial charge on any atom is 0.320 e. The number of esters is 1. The number of hydrogen-bond donors (Lipinski definition) is 0. The van der Waals surface area contributed by atoms with Gasteiger partial charge in [-0.05, 0) is 40.9 Å². The smallest absolute Gasteiger partial charge is 0.320 e. The molecule has 0 bridgehead atoms. The Labute approximate surface area is 115 Å². The molecule has 0 heterocycles. The highest BCUT2D eigenvalue weighted by atomic mass is 79.9. The maximum atomic E-state index is 13.4. The number of carbonyl (C=O) groups is 1. The molecule has 1 rings (SSSR count). The van der Waals surface area contributed by atoms with E-state index < -0.39 is 22.4 Å². The van der Waals surface area contributed by atoms with Crippen LogP contribution in [0.4, 0.5) is 8.78 Å². The van der Waals surface area contributed by atoms with Crippen LogP contribution in [0.25, 0.3) is 0 Å². The summed E-state index contributed by atoms with van der Waals surface area (Å²) >= 11 is 6.07. The van der Waals surface area contributed by atoms with Crippen LogP contribution in [0.15, 0.2) is 16.6 Å². The Balaban J connectivity index is 2.81. The molecule has 6 heteroatoms. The van der Waals surface area contributed by atoms with Crippen LogP contribution >= 0.6 is 31.9 Å². The lowest BCUT2D eigenvalue weighted by Gasteiger charge is -2.10. The number of halogens is 4. The normalized spacial score (nSPS) is 12.3. The number of ether oxygens (including phenoxy) is 1. The first-order valence-electron chi connectivity index (χ1n) is 4.89. The van der Waals surface area contributed by atoms with Gasteiger partial charge in [-0.3, -0.25) is 4.79 Å². The van der Waals surface area contributed by atoms with Gasteiger partial charge in [0.2, 0.25) is 0 Å². The molecule has 0 aliphatic carbocycles. The lowest BCUT2D eigenvalue weighted by molar-refractivity contribution is -0.142. The fourth-order valence-electron chi connectivity index (χ4n) is 1.23. The standard InChI is InChI=1S/C11H10Br2F2O2/c1-2-17-11(16)8(13)4-6-3-7(12)10(15)5-9(6)14/h3,5,8H,2,4H2,1H3. The molecule has 0 radical (unpaired) electrons. The number of alkyl halides is 1. The topological polar surface area (TPSA) is 26.3 Å². The van der Waals surface area contributed by atoms with Crippen LogP contribution in [-0.4, -0.2) is 17.4 Å². The van der Waals surface area contributed by atoms with Crippen molar-refractivity contribution < 1.29 is 18.3 Å². The van der Waals surface area contributed by atoms with Crippen molar-refractivity contribution in [3.63, 3.8) is 0 Å². The van der Waals surface area contributed by atoms with E-state index in [2.05, 4.69) is 31.9 Å². The highest BCUT2D eigenvalue weighted by molar-refractivity contribution is 9.10. The molecule has 0 saturated heterocycles. The van der Waals surface area contributed by atoms with E-state index >= 15 is 0 Å². The van der Waals surface area contributed by atoms with Gasteiger partial charge in [0.05, 0.1) is 11.1 Å². The first kappa shape index (κ1) is 14.6. The molecule has 0 N–H and O–H groups in total. The Bertz CT molecular complexity index is 424. The summed E-state index contributed by atoms with van der Waals surface area (Å²) in [7, 11) is 0. The van der Waals surface area contributed by atoms with Gasteiger partial charge < -0.3 is 4.74 Å². The van der Waals surface area contributed by atoms with E-state index in [1.165, 1.54) is 6.07 Å². The second kappa shape index (κ2) is 6.44. The third kappa shape index (κ3) is 4.03. The van der Waals surface area contributed by atoms with Gasteiger partial charge in [0.25, 0.3) is 0 Å². The van der Waals surface area contributed by atoms with Crippen molar-refractivity contribution in [1.29, 1.82) is 0 Å². The number of rotatable bonds is 4. The average Bonchev–Trinajstić information content (AvgIpc) is 2.26. The molecule has 0 aliphatic heterocycles. The van der Waals surface area contributed by atoms with Gasteiger partial charge in [-0.1, -0.05) is 15.9 Å². The van der Waals surface area contributed by atoms with Crippen molar-refractivity contribution in [2.24, 2.45) is 0 Å². The Kier molecular flexibility index (Phi) is 5.52. The molecule has 0 fully saturated rings. The monoisotopic (exact) mass is 370 g/mol. The first-order valence-corrected chi connectivity index (χ1v) is 6.60. The van der Waals surface area contributed by atoms with Crippen molar-refractivity contribution in [2.45, 2.75) is 18.2 Å². The lowest BCUT2D eigenvalue weighted by atomic mass is 10.1. The summed E-state index contributed by atoms with van der Waals surface area (Å²) in [5, 5.41) is 0. The SMILES string of the molecule is CCOC(=O)C(Br)Cc1cc(Br)c(F)cc1F. The van der Waals surface area contributed by atoms with E-state index in [1.54, 1.807) is 6.92 Å². The molecule has 0 aromatic heterocycles. The highest BCUT2D eigenvalue weighted by Crippen LogP contribution is 2.22. The van der Waals surface area contributed by atoms with Crippen LogP contribution in [0, 0.1) is 11.6 Å². The Morgan fingerprint density at radius 3 is 2.65 bits per heavy atom. The molecule has 0 amide bonds. The zero-order valence-corrected chi connectivity index (χ0v) is 12.1. The van der Waals surface area contributed by atoms with Crippen molar-refractivity contribution in [2.75, 3.05) is 6.61 Å². The van der Waals surface area contributed by atoms with Crippen LogP contribution < -0.4 is 0 Å². The van der Waals surface area contributed by atoms with Crippen molar-refractivity contribution >= 4 is 37.8 Å². The Morgan fingerprint density at radius 1 is 1.41 bits per heavy atom. The molecule has 2 nitrogen and oxygen atoms in total. The summed E-state index contributed by atoms with van der Waals surface area (Å²) in [6.07, 6.45) is 0.101. The van der Waals surface area contributed by atoms with Gasteiger partial charge in [-0.15, -0.1) is 0 Å².